The van der Waals surface area contributed by atoms with Crippen molar-refractivity contribution in [3.8, 4) is 0 Å². The predicted molar refractivity (Wildman–Crippen MR) is 57.5 cm³/mol. The van der Waals surface area contributed by atoms with E-state index in [-0.39, 0.29) is 12.5 Å². The molecule has 0 N–H and O–H groups in total. The standard InChI is InChI=1S/C11H14F3NO4/c1-5-18-8(16)6-7(11(12,13)14)15-9(19-6)10(2,3)17-4/h5H2,1-4H3. The zero-order chi connectivity index (χ0) is 14.8. The Bertz CT molecular complexity index is 465. The van der Waals surface area contributed by atoms with Gasteiger partial charge in [-0.05, 0) is 20.8 Å². The summed E-state index contributed by atoms with van der Waals surface area (Å²) in [5, 5.41) is 0. The quantitative estimate of drug-likeness (QED) is 0.794. The Kier molecular flexibility index (Phi) is 4.24. The van der Waals surface area contributed by atoms with E-state index in [1.165, 1.54) is 27.9 Å². The number of ether oxygens (including phenoxy) is 2. The Hall–Kier alpha value is -1.57. The summed E-state index contributed by atoms with van der Waals surface area (Å²) >= 11 is 0. The number of rotatable bonds is 4. The molecule has 0 saturated carbocycles. The van der Waals surface area contributed by atoms with Crippen LogP contribution >= 0.6 is 0 Å². The van der Waals surface area contributed by atoms with E-state index < -0.39 is 29.2 Å². The first-order chi connectivity index (χ1) is 8.63. The molecule has 0 aliphatic heterocycles. The number of hydrogen-bond donors (Lipinski definition) is 0. The summed E-state index contributed by atoms with van der Waals surface area (Å²) in [7, 11) is 1.29. The average Bonchev–Trinajstić information content (AvgIpc) is 2.74. The molecule has 0 unspecified atom stereocenters. The Balaban J connectivity index is 3.33. The summed E-state index contributed by atoms with van der Waals surface area (Å²) in [6.07, 6.45) is -4.81. The molecule has 0 radical (unpaired) electrons. The largest absolute Gasteiger partial charge is 0.460 e. The lowest BCUT2D eigenvalue weighted by molar-refractivity contribution is -0.142. The first-order valence-corrected chi connectivity index (χ1v) is 5.44. The number of esters is 1. The lowest BCUT2D eigenvalue weighted by atomic mass is 10.1. The van der Waals surface area contributed by atoms with Crippen LogP contribution in [0, 0.1) is 0 Å². The highest BCUT2D eigenvalue weighted by Crippen LogP contribution is 2.35. The van der Waals surface area contributed by atoms with Gasteiger partial charge in [0.05, 0.1) is 6.61 Å². The van der Waals surface area contributed by atoms with Crippen LogP contribution in [-0.2, 0) is 21.3 Å². The first-order valence-electron chi connectivity index (χ1n) is 5.44. The minimum atomic E-state index is -4.81. The van der Waals surface area contributed by atoms with Gasteiger partial charge in [0.1, 0.15) is 5.60 Å². The SMILES string of the molecule is CCOC(=O)c1oc(C(C)(C)OC)nc1C(F)(F)F. The van der Waals surface area contributed by atoms with Crippen LogP contribution in [0.3, 0.4) is 0 Å². The van der Waals surface area contributed by atoms with Gasteiger partial charge in [-0.2, -0.15) is 13.2 Å². The summed E-state index contributed by atoms with van der Waals surface area (Å²) in [5.41, 5.74) is -2.60. The van der Waals surface area contributed by atoms with Crippen LogP contribution < -0.4 is 0 Å². The Morgan fingerprint density at radius 2 is 1.95 bits per heavy atom. The molecule has 1 rings (SSSR count). The molecule has 0 bridgehead atoms. The monoisotopic (exact) mass is 281 g/mol. The molecule has 0 amide bonds. The summed E-state index contributed by atoms with van der Waals surface area (Å²) in [4.78, 5) is 14.8. The highest BCUT2D eigenvalue weighted by Gasteiger charge is 2.43. The summed E-state index contributed by atoms with van der Waals surface area (Å²) < 4.78 is 52.7. The average molecular weight is 281 g/mol. The van der Waals surface area contributed by atoms with Crippen LogP contribution in [0.1, 0.15) is 42.9 Å². The van der Waals surface area contributed by atoms with Crippen molar-refractivity contribution < 1.29 is 31.9 Å². The Morgan fingerprint density at radius 3 is 2.37 bits per heavy atom. The number of oxazole rings is 1. The van der Waals surface area contributed by atoms with Gasteiger partial charge in [-0.25, -0.2) is 9.78 Å². The lowest BCUT2D eigenvalue weighted by Crippen LogP contribution is -2.20. The van der Waals surface area contributed by atoms with Crippen molar-refractivity contribution >= 4 is 5.97 Å². The highest BCUT2D eigenvalue weighted by atomic mass is 19.4. The number of nitrogens with zero attached hydrogens (tertiary/aromatic N) is 1. The lowest BCUT2D eigenvalue weighted by Gasteiger charge is -2.17. The predicted octanol–water partition coefficient (Wildman–Crippen LogP) is 2.75. The van der Waals surface area contributed by atoms with Crippen LogP contribution in [0.2, 0.25) is 0 Å². The van der Waals surface area contributed by atoms with E-state index in [0.29, 0.717) is 0 Å². The summed E-state index contributed by atoms with van der Waals surface area (Å²) in [5.74, 6) is -2.51. The molecule has 0 aliphatic rings. The molecule has 0 fully saturated rings. The van der Waals surface area contributed by atoms with Gasteiger partial charge < -0.3 is 13.9 Å². The Morgan fingerprint density at radius 1 is 1.37 bits per heavy atom. The molecule has 1 aromatic heterocycles. The molecule has 1 heterocycles. The topological polar surface area (TPSA) is 61.6 Å². The van der Waals surface area contributed by atoms with Gasteiger partial charge in [-0.3, -0.25) is 0 Å². The molecule has 108 valence electrons. The molecule has 1 aromatic rings. The van der Waals surface area contributed by atoms with Gasteiger partial charge in [0.25, 0.3) is 0 Å². The molecular formula is C11H14F3NO4. The van der Waals surface area contributed by atoms with E-state index >= 15 is 0 Å². The summed E-state index contributed by atoms with van der Waals surface area (Å²) in [6, 6.07) is 0. The van der Waals surface area contributed by atoms with E-state index in [2.05, 4.69) is 9.72 Å². The van der Waals surface area contributed by atoms with Gasteiger partial charge in [-0.15, -0.1) is 0 Å². The minimum absolute atomic E-state index is 0.0696. The van der Waals surface area contributed by atoms with Gasteiger partial charge >= 0.3 is 12.1 Å². The van der Waals surface area contributed by atoms with E-state index in [4.69, 9.17) is 9.15 Å². The van der Waals surface area contributed by atoms with Crippen LogP contribution in [-0.4, -0.2) is 24.7 Å². The molecule has 8 heteroatoms. The second-order valence-electron chi connectivity index (χ2n) is 4.13. The van der Waals surface area contributed by atoms with Crippen molar-refractivity contribution in [1.29, 1.82) is 0 Å². The van der Waals surface area contributed by atoms with Crippen molar-refractivity contribution in [2.24, 2.45) is 0 Å². The zero-order valence-corrected chi connectivity index (χ0v) is 10.9. The van der Waals surface area contributed by atoms with Gasteiger partial charge in [0, 0.05) is 7.11 Å². The fourth-order valence-electron chi connectivity index (χ4n) is 1.19. The molecule has 0 spiro atoms. The maximum atomic E-state index is 12.8. The molecule has 0 atom stereocenters. The second kappa shape index (κ2) is 5.20. The summed E-state index contributed by atoms with van der Waals surface area (Å²) in [6.45, 7) is 4.34. The molecule has 0 aliphatic carbocycles. The van der Waals surface area contributed by atoms with Gasteiger partial charge in [-0.1, -0.05) is 0 Å². The molecule has 0 aromatic carbocycles. The number of aromatic nitrogens is 1. The zero-order valence-electron chi connectivity index (χ0n) is 10.9. The number of carbonyl (C=O) groups is 1. The third-order valence-electron chi connectivity index (χ3n) is 2.38. The van der Waals surface area contributed by atoms with Crippen molar-refractivity contribution in [1.82, 2.24) is 4.98 Å². The Labute approximate surface area is 107 Å². The highest BCUT2D eigenvalue weighted by molar-refractivity contribution is 5.87. The van der Waals surface area contributed by atoms with Crippen molar-refractivity contribution in [2.75, 3.05) is 13.7 Å². The fraction of sp³-hybridized carbons (Fsp3) is 0.636. The maximum Gasteiger partial charge on any atom is 0.437 e. The van der Waals surface area contributed by atoms with Gasteiger partial charge in [0.15, 0.2) is 5.69 Å². The third kappa shape index (κ3) is 3.25. The number of hydrogen-bond acceptors (Lipinski definition) is 5. The van der Waals surface area contributed by atoms with E-state index in [1.807, 2.05) is 0 Å². The van der Waals surface area contributed by atoms with Crippen molar-refractivity contribution in [3.63, 3.8) is 0 Å². The normalized spacial score (nSPS) is 12.6. The number of methoxy groups -OCH3 is 1. The molecule has 5 nitrogen and oxygen atoms in total. The van der Waals surface area contributed by atoms with Crippen molar-refractivity contribution in [3.05, 3.63) is 17.3 Å². The van der Waals surface area contributed by atoms with Crippen LogP contribution in [0.5, 0.6) is 0 Å². The molecule has 19 heavy (non-hydrogen) atoms. The number of carbonyl (C=O) groups excluding carboxylic acids is 1. The van der Waals surface area contributed by atoms with Crippen molar-refractivity contribution in [2.45, 2.75) is 32.5 Å². The molecular weight excluding hydrogens is 267 g/mol. The smallest absolute Gasteiger partial charge is 0.437 e. The van der Waals surface area contributed by atoms with E-state index in [1.54, 1.807) is 0 Å². The van der Waals surface area contributed by atoms with Gasteiger partial charge in [0.2, 0.25) is 11.7 Å². The maximum absolute atomic E-state index is 12.8. The van der Waals surface area contributed by atoms with E-state index in [0.717, 1.165) is 0 Å². The van der Waals surface area contributed by atoms with Crippen LogP contribution in [0.25, 0.3) is 0 Å². The second-order valence-corrected chi connectivity index (χ2v) is 4.13. The van der Waals surface area contributed by atoms with Crippen LogP contribution in [0.15, 0.2) is 4.42 Å². The first kappa shape index (κ1) is 15.5. The number of halogens is 3. The van der Waals surface area contributed by atoms with E-state index in [9.17, 15) is 18.0 Å². The van der Waals surface area contributed by atoms with Crippen LogP contribution in [0.4, 0.5) is 13.2 Å². The number of alkyl halides is 3. The fourth-order valence-corrected chi connectivity index (χ4v) is 1.19. The minimum Gasteiger partial charge on any atom is -0.460 e. The molecule has 0 saturated heterocycles. The third-order valence-corrected chi connectivity index (χ3v) is 2.38.